The number of halogens is 3. The summed E-state index contributed by atoms with van der Waals surface area (Å²) in [6.07, 6.45) is -2.55. The van der Waals surface area contributed by atoms with E-state index in [0.717, 1.165) is 49.2 Å². The summed E-state index contributed by atoms with van der Waals surface area (Å²) in [5, 5.41) is 5.48. The highest BCUT2D eigenvalue weighted by Gasteiger charge is 2.32. The number of thiocarbonyl (C=S) groups is 1. The Morgan fingerprint density at radius 3 is 1.97 bits per heavy atom. The van der Waals surface area contributed by atoms with Crippen LogP contribution in [0.2, 0.25) is 0 Å². The molecule has 8 heteroatoms. The Morgan fingerprint density at radius 2 is 1.44 bits per heavy atom. The third kappa shape index (κ3) is 5.56. The van der Waals surface area contributed by atoms with Crippen LogP contribution in [0.4, 0.5) is 24.5 Å². The zero-order valence-corrected chi connectivity index (χ0v) is 19.1. The summed E-state index contributed by atoms with van der Waals surface area (Å²) < 4.78 is 40.1. The number of nitrogens with one attached hydrogen (secondary N) is 2. The molecule has 0 aliphatic carbocycles. The molecule has 0 bridgehead atoms. The largest absolute Gasteiger partial charge is 0.416 e. The first-order chi connectivity index (χ1) is 16.3. The van der Waals surface area contributed by atoms with E-state index in [-0.39, 0.29) is 16.7 Å². The van der Waals surface area contributed by atoms with Crippen molar-refractivity contribution in [2.75, 3.05) is 23.3 Å². The molecule has 1 aliphatic rings. The Morgan fingerprint density at radius 1 is 0.882 bits per heavy atom. The zero-order valence-electron chi connectivity index (χ0n) is 18.3. The van der Waals surface area contributed by atoms with Crippen LogP contribution < -0.4 is 15.5 Å². The summed E-state index contributed by atoms with van der Waals surface area (Å²) in [4.78, 5) is 15.3. The maximum absolute atomic E-state index is 13.4. The van der Waals surface area contributed by atoms with Crippen LogP contribution in [0.3, 0.4) is 0 Å². The van der Waals surface area contributed by atoms with E-state index < -0.39 is 17.7 Å². The number of carbonyl (C=O) groups excluding carboxylic acids is 1. The van der Waals surface area contributed by atoms with E-state index in [2.05, 4.69) is 10.6 Å². The number of amides is 1. The average Bonchev–Trinajstić information content (AvgIpc) is 3.35. The van der Waals surface area contributed by atoms with Gasteiger partial charge in [0.05, 0.1) is 22.9 Å². The number of hydrogen-bond acceptors (Lipinski definition) is 3. The van der Waals surface area contributed by atoms with Crippen molar-refractivity contribution >= 4 is 34.6 Å². The number of nitrogens with zero attached hydrogens (tertiary/aromatic N) is 1. The fourth-order valence-corrected chi connectivity index (χ4v) is 4.38. The lowest BCUT2D eigenvalue weighted by Crippen LogP contribution is -2.38. The standard InChI is InChI=1S/C26H24F3N3OS/c27-26(28,29)20-13-14-22(32-15-7-8-16-32)21(17-20)30-25(34)31-24(33)23(18-9-3-1-4-10-18)19-11-5-2-6-12-19/h1-6,9-14,17,23H,7-8,15-16H2,(H2,30,31,33,34). The predicted octanol–water partition coefficient (Wildman–Crippen LogP) is 5.95. The van der Waals surface area contributed by atoms with Gasteiger partial charge in [-0.1, -0.05) is 60.7 Å². The highest BCUT2D eigenvalue weighted by molar-refractivity contribution is 7.80. The molecule has 1 amide bonds. The molecule has 3 aromatic rings. The second kappa shape index (κ2) is 10.3. The zero-order chi connectivity index (χ0) is 24.1. The Labute approximate surface area is 201 Å². The van der Waals surface area contributed by atoms with Crippen LogP contribution >= 0.6 is 12.2 Å². The fourth-order valence-electron chi connectivity index (χ4n) is 4.17. The van der Waals surface area contributed by atoms with Crippen molar-refractivity contribution in [3.8, 4) is 0 Å². The molecule has 0 atom stereocenters. The highest BCUT2D eigenvalue weighted by Crippen LogP contribution is 2.36. The molecule has 0 saturated carbocycles. The van der Waals surface area contributed by atoms with Crippen molar-refractivity contribution in [1.82, 2.24) is 5.32 Å². The molecule has 0 radical (unpaired) electrons. The summed E-state index contributed by atoms with van der Waals surface area (Å²) in [5.74, 6) is -0.994. The normalized spacial score (nSPS) is 13.7. The highest BCUT2D eigenvalue weighted by atomic mass is 32.1. The average molecular weight is 484 g/mol. The number of benzene rings is 3. The van der Waals surface area contributed by atoms with Gasteiger partial charge in [-0.25, -0.2) is 0 Å². The van der Waals surface area contributed by atoms with Crippen LogP contribution in [-0.2, 0) is 11.0 Å². The third-order valence-corrected chi connectivity index (χ3v) is 5.99. The first-order valence-electron chi connectivity index (χ1n) is 11.0. The van der Waals surface area contributed by atoms with Gasteiger partial charge in [0.25, 0.3) is 0 Å². The van der Waals surface area contributed by atoms with E-state index in [1.54, 1.807) is 0 Å². The van der Waals surface area contributed by atoms with Crippen LogP contribution in [0.15, 0.2) is 78.9 Å². The van der Waals surface area contributed by atoms with Gasteiger partial charge in [0, 0.05) is 13.1 Å². The Kier molecular flexibility index (Phi) is 7.17. The Hall–Kier alpha value is -3.39. The molecule has 176 valence electrons. The van der Waals surface area contributed by atoms with Crippen LogP contribution in [0, 0.1) is 0 Å². The second-order valence-electron chi connectivity index (χ2n) is 8.12. The molecule has 4 nitrogen and oxygen atoms in total. The van der Waals surface area contributed by atoms with Gasteiger partial charge >= 0.3 is 6.18 Å². The minimum Gasteiger partial charge on any atom is -0.370 e. The van der Waals surface area contributed by atoms with Crippen LogP contribution in [0.5, 0.6) is 0 Å². The third-order valence-electron chi connectivity index (χ3n) is 5.78. The van der Waals surface area contributed by atoms with Gasteiger partial charge in [0.2, 0.25) is 5.91 Å². The van der Waals surface area contributed by atoms with Crippen molar-refractivity contribution < 1.29 is 18.0 Å². The molecule has 1 aliphatic heterocycles. The molecule has 4 rings (SSSR count). The fraction of sp³-hybridized carbons (Fsp3) is 0.231. The number of rotatable bonds is 5. The van der Waals surface area contributed by atoms with E-state index in [0.29, 0.717) is 5.69 Å². The molecular formula is C26H24F3N3OS. The molecular weight excluding hydrogens is 459 g/mol. The van der Waals surface area contributed by atoms with Crippen LogP contribution in [-0.4, -0.2) is 24.1 Å². The van der Waals surface area contributed by atoms with Gasteiger partial charge in [-0.2, -0.15) is 13.2 Å². The smallest absolute Gasteiger partial charge is 0.370 e. The quantitative estimate of drug-likeness (QED) is 0.440. The lowest BCUT2D eigenvalue weighted by molar-refractivity contribution is -0.137. The molecule has 34 heavy (non-hydrogen) atoms. The molecule has 0 spiro atoms. The maximum atomic E-state index is 13.4. The van der Waals surface area contributed by atoms with E-state index in [9.17, 15) is 18.0 Å². The van der Waals surface area contributed by atoms with Gasteiger partial charge < -0.3 is 15.5 Å². The SMILES string of the molecule is O=C(NC(=S)Nc1cc(C(F)(F)F)ccc1N1CCCC1)C(c1ccccc1)c1ccccc1. The van der Waals surface area contributed by atoms with Crippen molar-refractivity contribution in [2.24, 2.45) is 0 Å². The number of carbonyl (C=O) groups is 1. The van der Waals surface area contributed by atoms with Gasteiger partial charge in [-0.05, 0) is 54.4 Å². The second-order valence-corrected chi connectivity index (χ2v) is 8.53. The topological polar surface area (TPSA) is 44.4 Å². The van der Waals surface area contributed by atoms with Gasteiger partial charge in [0.15, 0.2) is 5.11 Å². The molecule has 1 saturated heterocycles. The summed E-state index contributed by atoms with van der Waals surface area (Å²) in [6, 6.07) is 22.1. The van der Waals surface area contributed by atoms with E-state index >= 15 is 0 Å². The number of alkyl halides is 3. The summed E-state index contributed by atoms with van der Waals surface area (Å²) in [5.41, 5.74) is 1.64. The summed E-state index contributed by atoms with van der Waals surface area (Å²) >= 11 is 5.36. The minimum absolute atomic E-state index is 0.0540. The van der Waals surface area contributed by atoms with Crippen LogP contribution in [0.25, 0.3) is 0 Å². The first-order valence-corrected chi connectivity index (χ1v) is 11.4. The van der Waals surface area contributed by atoms with Gasteiger partial charge in [-0.3, -0.25) is 4.79 Å². The monoisotopic (exact) mass is 483 g/mol. The first kappa shape index (κ1) is 23.8. The van der Waals surface area contributed by atoms with E-state index in [1.165, 1.54) is 6.07 Å². The van der Waals surface area contributed by atoms with Gasteiger partial charge in [0.1, 0.15) is 0 Å². The Bertz CT molecular complexity index is 1110. The van der Waals surface area contributed by atoms with Crippen molar-refractivity contribution in [3.05, 3.63) is 95.6 Å². The summed E-state index contributed by atoms with van der Waals surface area (Å²) in [6.45, 7) is 1.51. The van der Waals surface area contributed by atoms with E-state index in [4.69, 9.17) is 12.2 Å². The Balaban J connectivity index is 1.58. The van der Waals surface area contributed by atoms with Crippen LogP contribution in [0.1, 0.15) is 35.4 Å². The van der Waals surface area contributed by atoms with Gasteiger partial charge in [-0.15, -0.1) is 0 Å². The maximum Gasteiger partial charge on any atom is 0.416 e. The molecule has 0 unspecified atom stereocenters. The molecule has 2 N–H and O–H groups in total. The molecule has 3 aromatic carbocycles. The molecule has 1 heterocycles. The molecule has 0 aromatic heterocycles. The predicted molar refractivity (Wildman–Crippen MR) is 132 cm³/mol. The van der Waals surface area contributed by atoms with Crippen molar-refractivity contribution in [1.29, 1.82) is 0 Å². The lowest BCUT2D eigenvalue weighted by Gasteiger charge is -2.24. The number of anilines is 2. The summed E-state index contributed by atoms with van der Waals surface area (Å²) in [7, 11) is 0. The number of hydrogen-bond donors (Lipinski definition) is 2. The lowest BCUT2D eigenvalue weighted by atomic mass is 9.90. The minimum atomic E-state index is -4.49. The molecule has 1 fully saturated rings. The van der Waals surface area contributed by atoms with Crippen molar-refractivity contribution in [2.45, 2.75) is 24.9 Å². The van der Waals surface area contributed by atoms with E-state index in [1.807, 2.05) is 65.6 Å². The van der Waals surface area contributed by atoms with Crippen molar-refractivity contribution in [3.63, 3.8) is 0 Å².